The van der Waals surface area contributed by atoms with E-state index in [1.54, 1.807) is 19.3 Å². The van der Waals surface area contributed by atoms with Gasteiger partial charge in [-0.05, 0) is 32.9 Å². The van der Waals surface area contributed by atoms with Crippen molar-refractivity contribution in [3.63, 3.8) is 0 Å². The highest BCUT2D eigenvalue weighted by Gasteiger charge is 2.49. The number of H-pyrrole nitrogens is 1. The van der Waals surface area contributed by atoms with Crippen molar-refractivity contribution in [3.8, 4) is 0 Å². The summed E-state index contributed by atoms with van der Waals surface area (Å²) in [6.07, 6.45) is 1.96. The molecule has 0 saturated carbocycles. The Hall–Kier alpha value is -1.88. The molecule has 0 bridgehead atoms. The smallest absolute Gasteiger partial charge is 0.136 e. The molecule has 0 saturated heterocycles. The number of Topliss-reactive ketones (excluding diaryl/α,β-unsaturated/α-hetero) is 1. The van der Waals surface area contributed by atoms with E-state index in [4.69, 9.17) is 4.42 Å². The largest absolute Gasteiger partial charge is 0.469 e. The van der Waals surface area contributed by atoms with Gasteiger partial charge in [-0.2, -0.15) is 5.10 Å². The number of nitrogens with zero attached hydrogens (tertiary/aromatic N) is 1. The minimum atomic E-state index is -1.13. The van der Waals surface area contributed by atoms with E-state index >= 15 is 0 Å². The van der Waals surface area contributed by atoms with E-state index in [1.807, 2.05) is 13.0 Å². The van der Waals surface area contributed by atoms with Crippen molar-refractivity contribution in [2.75, 3.05) is 0 Å². The Morgan fingerprint density at radius 1 is 1.60 bits per heavy atom. The first-order valence-corrected chi connectivity index (χ1v) is 6.72. The van der Waals surface area contributed by atoms with Gasteiger partial charge < -0.3 is 9.52 Å². The van der Waals surface area contributed by atoms with E-state index in [1.165, 1.54) is 6.92 Å². The maximum absolute atomic E-state index is 12.1. The number of aromatic nitrogens is 2. The lowest BCUT2D eigenvalue weighted by molar-refractivity contribution is -0.131. The number of aliphatic hydroxyl groups is 1. The average molecular weight is 274 g/mol. The fourth-order valence-corrected chi connectivity index (χ4v) is 3.46. The first-order valence-electron chi connectivity index (χ1n) is 6.72. The van der Waals surface area contributed by atoms with Gasteiger partial charge in [-0.1, -0.05) is 0 Å². The summed E-state index contributed by atoms with van der Waals surface area (Å²) in [6.45, 7) is 5.15. The van der Waals surface area contributed by atoms with Crippen LogP contribution < -0.4 is 0 Å². The molecule has 0 aliphatic heterocycles. The summed E-state index contributed by atoms with van der Waals surface area (Å²) in [4.78, 5) is 12.1. The molecule has 0 fully saturated rings. The lowest BCUT2D eigenvalue weighted by Gasteiger charge is -2.40. The molecule has 5 nitrogen and oxygen atoms in total. The van der Waals surface area contributed by atoms with Crippen LogP contribution in [0.5, 0.6) is 0 Å². The van der Waals surface area contributed by atoms with Gasteiger partial charge in [0.15, 0.2) is 0 Å². The summed E-state index contributed by atoms with van der Waals surface area (Å²) in [5.41, 5.74) is 1.58. The summed E-state index contributed by atoms with van der Waals surface area (Å²) in [7, 11) is 0. The molecule has 0 spiro atoms. The number of hydrogen-bond acceptors (Lipinski definition) is 4. The molecule has 1 aliphatic rings. The van der Waals surface area contributed by atoms with Crippen LogP contribution in [-0.4, -0.2) is 26.7 Å². The molecule has 2 heterocycles. The van der Waals surface area contributed by atoms with Crippen LogP contribution in [0.25, 0.3) is 0 Å². The molecule has 106 valence electrons. The second-order valence-corrected chi connectivity index (χ2v) is 5.82. The van der Waals surface area contributed by atoms with Gasteiger partial charge in [-0.25, -0.2) is 0 Å². The maximum Gasteiger partial charge on any atom is 0.136 e. The van der Waals surface area contributed by atoms with Gasteiger partial charge >= 0.3 is 0 Å². The molecule has 2 aromatic heterocycles. The molecule has 0 amide bonds. The van der Waals surface area contributed by atoms with Gasteiger partial charge in [0.1, 0.15) is 11.5 Å². The summed E-state index contributed by atoms with van der Waals surface area (Å²) in [5, 5.41) is 17.9. The van der Waals surface area contributed by atoms with Crippen LogP contribution in [0.2, 0.25) is 0 Å². The zero-order chi connectivity index (χ0) is 14.5. The summed E-state index contributed by atoms with van der Waals surface area (Å²) >= 11 is 0. The third-order valence-corrected chi connectivity index (χ3v) is 4.20. The second kappa shape index (κ2) is 4.31. The highest BCUT2D eigenvalue weighted by atomic mass is 16.3. The zero-order valence-corrected chi connectivity index (χ0v) is 11.8. The van der Waals surface area contributed by atoms with Gasteiger partial charge in [0.2, 0.25) is 0 Å². The first kappa shape index (κ1) is 13.1. The summed E-state index contributed by atoms with van der Waals surface area (Å²) < 4.78 is 5.52. The van der Waals surface area contributed by atoms with Gasteiger partial charge in [-0.15, -0.1) is 0 Å². The molecule has 2 aromatic rings. The number of fused-ring (bicyclic) bond motifs is 1. The Morgan fingerprint density at radius 2 is 2.35 bits per heavy atom. The van der Waals surface area contributed by atoms with Crippen molar-refractivity contribution in [2.45, 2.75) is 38.7 Å². The molecular formula is C15H18N2O3. The minimum Gasteiger partial charge on any atom is -0.469 e. The Labute approximate surface area is 117 Å². The van der Waals surface area contributed by atoms with E-state index < -0.39 is 11.5 Å². The van der Waals surface area contributed by atoms with Crippen molar-refractivity contribution in [1.82, 2.24) is 10.2 Å². The summed E-state index contributed by atoms with van der Waals surface area (Å²) in [6, 6.07) is 3.64. The SMILES string of the molecule is CC(=O)[C@H]1[C@H](c2ccco2)c2c(n[nH]c2C)C[C@]1(C)O. The van der Waals surface area contributed by atoms with Crippen molar-refractivity contribution < 1.29 is 14.3 Å². The zero-order valence-electron chi connectivity index (χ0n) is 11.8. The second-order valence-electron chi connectivity index (χ2n) is 5.82. The van der Waals surface area contributed by atoms with Gasteiger partial charge in [0.05, 0.1) is 29.4 Å². The highest BCUT2D eigenvalue weighted by molar-refractivity contribution is 5.82. The predicted molar refractivity (Wildman–Crippen MR) is 72.4 cm³/mol. The van der Waals surface area contributed by atoms with Crippen molar-refractivity contribution >= 4 is 5.78 Å². The molecule has 20 heavy (non-hydrogen) atoms. The van der Waals surface area contributed by atoms with Crippen molar-refractivity contribution in [2.24, 2.45) is 5.92 Å². The summed E-state index contributed by atoms with van der Waals surface area (Å²) in [5.74, 6) is -0.170. The minimum absolute atomic E-state index is 0.0392. The molecule has 0 aromatic carbocycles. The van der Waals surface area contributed by atoms with Crippen LogP contribution in [0.1, 0.15) is 42.5 Å². The molecule has 0 radical (unpaired) electrons. The number of rotatable bonds is 2. The average Bonchev–Trinajstić information content (AvgIpc) is 2.96. The number of hydrogen-bond donors (Lipinski definition) is 2. The number of ketones is 1. The lowest BCUT2D eigenvalue weighted by Crippen LogP contribution is -2.48. The van der Waals surface area contributed by atoms with E-state index in [-0.39, 0.29) is 11.7 Å². The lowest BCUT2D eigenvalue weighted by atomic mass is 9.66. The Kier molecular flexibility index (Phi) is 2.83. The molecular weight excluding hydrogens is 256 g/mol. The molecule has 3 atom stereocenters. The van der Waals surface area contributed by atoms with Crippen molar-refractivity contribution in [1.29, 1.82) is 0 Å². The molecule has 1 aliphatic carbocycles. The predicted octanol–water partition coefficient (Wildman–Crippen LogP) is 1.96. The van der Waals surface area contributed by atoms with Crippen LogP contribution in [0, 0.1) is 12.8 Å². The standard InChI is InChI=1S/C15H18N2O3/c1-8-12-10(17-16-8)7-15(3,19)14(9(2)18)13(12)11-5-4-6-20-11/h4-6,13-14,19H,7H2,1-3H3,(H,16,17)/t13-,14+,15+/m1/s1. The van der Waals surface area contributed by atoms with Crippen LogP contribution in [0.3, 0.4) is 0 Å². The van der Waals surface area contributed by atoms with Crippen LogP contribution in [0.15, 0.2) is 22.8 Å². The highest BCUT2D eigenvalue weighted by Crippen LogP contribution is 2.46. The number of carbonyl (C=O) groups is 1. The first-order chi connectivity index (χ1) is 9.42. The van der Waals surface area contributed by atoms with Crippen molar-refractivity contribution in [3.05, 3.63) is 41.1 Å². The molecule has 3 rings (SSSR count). The Bertz CT molecular complexity index is 640. The van der Waals surface area contributed by atoms with Gasteiger partial charge in [0.25, 0.3) is 0 Å². The fourth-order valence-electron chi connectivity index (χ4n) is 3.46. The van der Waals surface area contributed by atoms with Crippen LogP contribution in [0.4, 0.5) is 0 Å². The Balaban J connectivity index is 2.23. The van der Waals surface area contributed by atoms with E-state index in [0.717, 1.165) is 17.0 Å². The number of nitrogens with one attached hydrogen (secondary N) is 1. The maximum atomic E-state index is 12.1. The fraction of sp³-hybridized carbons (Fsp3) is 0.467. The monoisotopic (exact) mass is 274 g/mol. The van der Waals surface area contributed by atoms with Crippen LogP contribution in [-0.2, 0) is 11.2 Å². The van der Waals surface area contributed by atoms with E-state index in [0.29, 0.717) is 12.2 Å². The normalized spacial score (nSPS) is 29.2. The number of aryl methyl sites for hydroxylation is 1. The van der Waals surface area contributed by atoms with Gasteiger partial charge in [-0.3, -0.25) is 9.89 Å². The number of aromatic amines is 1. The molecule has 2 N–H and O–H groups in total. The third-order valence-electron chi connectivity index (χ3n) is 4.20. The third kappa shape index (κ3) is 1.81. The quantitative estimate of drug-likeness (QED) is 0.877. The molecule has 0 unspecified atom stereocenters. The topological polar surface area (TPSA) is 79.1 Å². The van der Waals surface area contributed by atoms with E-state index in [9.17, 15) is 9.90 Å². The van der Waals surface area contributed by atoms with Crippen LogP contribution >= 0.6 is 0 Å². The van der Waals surface area contributed by atoms with E-state index in [2.05, 4.69) is 10.2 Å². The van der Waals surface area contributed by atoms with Gasteiger partial charge in [0, 0.05) is 17.7 Å². The number of carbonyl (C=O) groups excluding carboxylic acids is 1. The molecule has 5 heteroatoms. The number of furan rings is 1. The Morgan fingerprint density at radius 3 is 2.95 bits per heavy atom.